The number of carbonyl (C=O) groups excluding carboxylic acids is 2. The van der Waals surface area contributed by atoms with Gasteiger partial charge >= 0.3 is 5.97 Å². The number of amides is 1. The first-order chi connectivity index (χ1) is 15.7. The smallest absolute Gasteiger partial charge is 0.348 e. The van der Waals surface area contributed by atoms with E-state index in [9.17, 15) is 14.0 Å². The van der Waals surface area contributed by atoms with Gasteiger partial charge in [-0.15, -0.1) is 11.3 Å². The van der Waals surface area contributed by atoms with Crippen LogP contribution < -0.4 is 10.1 Å². The molecule has 2 aromatic heterocycles. The van der Waals surface area contributed by atoms with Crippen molar-refractivity contribution >= 4 is 44.9 Å². The van der Waals surface area contributed by atoms with E-state index in [-0.39, 0.29) is 11.7 Å². The van der Waals surface area contributed by atoms with Crippen LogP contribution in [0.1, 0.15) is 29.1 Å². The maximum atomic E-state index is 14.1. The van der Waals surface area contributed by atoms with Crippen molar-refractivity contribution < 1.29 is 23.5 Å². The van der Waals surface area contributed by atoms with Crippen LogP contribution in [0.15, 0.2) is 24.5 Å². The van der Waals surface area contributed by atoms with Gasteiger partial charge in [0.15, 0.2) is 6.10 Å². The summed E-state index contributed by atoms with van der Waals surface area (Å²) in [4.78, 5) is 34.4. The van der Waals surface area contributed by atoms with Crippen LogP contribution >= 0.6 is 11.3 Å². The SMILES string of the molecule is CCN(C(=O)C(C)Oc1cc(F)ccc1Nc1ncnc2sc(C(=O)OC)c(C)c12)N(C)C. The fourth-order valence-corrected chi connectivity index (χ4v) is 4.43. The summed E-state index contributed by atoms with van der Waals surface area (Å²) in [6.45, 7) is 5.71. The molecule has 3 aromatic rings. The van der Waals surface area contributed by atoms with Crippen LogP contribution in [0.4, 0.5) is 15.9 Å². The van der Waals surface area contributed by atoms with E-state index in [2.05, 4.69) is 15.3 Å². The van der Waals surface area contributed by atoms with E-state index in [4.69, 9.17) is 9.47 Å². The van der Waals surface area contributed by atoms with Crippen LogP contribution in [0.25, 0.3) is 10.2 Å². The lowest BCUT2D eigenvalue weighted by molar-refractivity contribution is -0.151. The summed E-state index contributed by atoms with van der Waals surface area (Å²) < 4.78 is 24.8. The summed E-state index contributed by atoms with van der Waals surface area (Å²) in [5, 5.41) is 6.98. The lowest BCUT2D eigenvalue weighted by Crippen LogP contribution is -2.47. The quantitative estimate of drug-likeness (QED) is 0.389. The Morgan fingerprint density at radius 1 is 1.27 bits per heavy atom. The molecule has 0 saturated heterocycles. The highest BCUT2D eigenvalue weighted by Crippen LogP contribution is 2.37. The zero-order valence-corrected chi connectivity index (χ0v) is 20.1. The van der Waals surface area contributed by atoms with Crippen molar-refractivity contribution in [3.8, 4) is 5.75 Å². The lowest BCUT2D eigenvalue weighted by Gasteiger charge is -2.30. The summed E-state index contributed by atoms with van der Waals surface area (Å²) in [6, 6.07) is 3.98. The van der Waals surface area contributed by atoms with Crippen LogP contribution in [0, 0.1) is 12.7 Å². The molecule has 0 saturated carbocycles. The number of benzene rings is 1. The van der Waals surface area contributed by atoms with Gasteiger partial charge in [-0.25, -0.2) is 24.2 Å². The van der Waals surface area contributed by atoms with Crippen LogP contribution in [0.3, 0.4) is 0 Å². The van der Waals surface area contributed by atoms with Crippen LogP contribution in [0.2, 0.25) is 0 Å². The maximum absolute atomic E-state index is 14.1. The van der Waals surface area contributed by atoms with Gasteiger partial charge in [-0.1, -0.05) is 0 Å². The van der Waals surface area contributed by atoms with Gasteiger partial charge in [0.25, 0.3) is 5.91 Å². The molecule has 0 radical (unpaired) electrons. The summed E-state index contributed by atoms with van der Waals surface area (Å²) in [5.41, 5.74) is 1.08. The molecule has 1 N–H and O–H groups in total. The maximum Gasteiger partial charge on any atom is 0.348 e. The Balaban J connectivity index is 1.96. The standard InChI is InChI=1S/C22H26FN5O4S/c1-7-28(27(4)5)21(29)13(3)32-16-10-14(23)8-9-15(16)26-19-17-12(2)18(22(30)31-6)33-20(17)25-11-24-19/h8-11,13H,7H2,1-6H3,(H,24,25,26). The van der Waals surface area contributed by atoms with Crippen molar-refractivity contribution in [3.05, 3.63) is 40.8 Å². The number of likely N-dealkylation sites (N-methyl/N-ethyl adjacent to an activating group) is 1. The van der Waals surface area contributed by atoms with Crippen LogP contribution in [-0.2, 0) is 9.53 Å². The molecule has 2 heterocycles. The third kappa shape index (κ3) is 5.04. The predicted octanol–water partition coefficient (Wildman–Crippen LogP) is 3.76. The Kier molecular flexibility index (Phi) is 7.44. The topological polar surface area (TPSA) is 96.9 Å². The average molecular weight is 476 g/mol. The molecule has 0 aliphatic carbocycles. The second-order valence-corrected chi connectivity index (χ2v) is 8.38. The van der Waals surface area contributed by atoms with E-state index in [1.807, 2.05) is 6.92 Å². The third-order valence-electron chi connectivity index (χ3n) is 4.98. The molecule has 9 nitrogen and oxygen atoms in total. The molecule has 0 aliphatic rings. The van der Waals surface area contributed by atoms with Gasteiger partial charge in [0.05, 0.1) is 18.2 Å². The van der Waals surface area contributed by atoms with Gasteiger partial charge in [-0.2, -0.15) is 0 Å². The number of halogens is 1. The van der Waals surface area contributed by atoms with Gasteiger partial charge in [0.1, 0.15) is 33.4 Å². The number of ether oxygens (including phenoxy) is 2. The first-order valence-corrected chi connectivity index (χ1v) is 11.0. The van der Waals surface area contributed by atoms with Gasteiger partial charge in [0, 0.05) is 26.7 Å². The molecule has 33 heavy (non-hydrogen) atoms. The zero-order chi connectivity index (χ0) is 24.3. The van der Waals surface area contributed by atoms with E-state index < -0.39 is 17.9 Å². The van der Waals surface area contributed by atoms with Crippen molar-refractivity contribution in [2.24, 2.45) is 0 Å². The van der Waals surface area contributed by atoms with Gasteiger partial charge in [-0.05, 0) is 38.5 Å². The number of aryl methyl sites for hydroxylation is 1. The van der Waals surface area contributed by atoms with Gasteiger partial charge < -0.3 is 14.8 Å². The van der Waals surface area contributed by atoms with Crippen LogP contribution in [0.5, 0.6) is 5.75 Å². The number of hydrogen-bond donors (Lipinski definition) is 1. The second kappa shape index (κ2) is 10.1. The number of nitrogens with one attached hydrogen (secondary N) is 1. The van der Waals surface area contributed by atoms with E-state index in [1.54, 1.807) is 33.0 Å². The number of hydrogen-bond acceptors (Lipinski definition) is 9. The molecular formula is C22H26FN5O4S. The van der Waals surface area contributed by atoms with E-state index in [0.717, 1.165) is 0 Å². The van der Waals surface area contributed by atoms with Gasteiger partial charge in [-0.3, -0.25) is 9.80 Å². The molecular weight excluding hydrogens is 449 g/mol. The summed E-state index contributed by atoms with van der Waals surface area (Å²) in [6.07, 6.45) is 0.502. The van der Waals surface area contributed by atoms with E-state index in [1.165, 1.54) is 48.0 Å². The fraction of sp³-hybridized carbons (Fsp3) is 0.364. The predicted molar refractivity (Wildman–Crippen MR) is 124 cm³/mol. The summed E-state index contributed by atoms with van der Waals surface area (Å²) in [7, 11) is 4.84. The van der Waals surface area contributed by atoms with Gasteiger partial charge in [0.2, 0.25) is 0 Å². The molecule has 176 valence electrons. The molecule has 0 fully saturated rings. The fourth-order valence-electron chi connectivity index (χ4n) is 3.36. The second-order valence-electron chi connectivity index (χ2n) is 7.38. The van der Waals surface area contributed by atoms with Crippen molar-refractivity contribution in [1.29, 1.82) is 0 Å². The van der Waals surface area contributed by atoms with Crippen molar-refractivity contribution in [2.45, 2.75) is 26.9 Å². The number of hydrazine groups is 1. The average Bonchev–Trinajstić information content (AvgIpc) is 3.12. The Labute approximate surface area is 195 Å². The molecule has 1 atom stereocenters. The number of methoxy groups -OCH3 is 1. The molecule has 0 bridgehead atoms. The normalized spacial score (nSPS) is 12.0. The Bertz CT molecular complexity index is 1180. The number of aromatic nitrogens is 2. The summed E-state index contributed by atoms with van der Waals surface area (Å²) in [5.74, 6) is -0.663. The number of esters is 1. The summed E-state index contributed by atoms with van der Waals surface area (Å²) >= 11 is 1.20. The number of fused-ring (bicyclic) bond motifs is 1. The number of thiophene rings is 1. The number of rotatable bonds is 8. The molecule has 0 aliphatic heterocycles. The van der Waals surface area contributed by atoms with Crippen molar-refractivity contribution in [3.63, 3.8) is 0 Å². The Hall–Kier alpha value is -3.31. The highest BCUT2D eigenvalue weighted by atomic mass is 32.1. The van der Waals surface area contributed by atoms with Crippen molar-refractivity contribution in [1.82, 2.24) is 20.0 Å². The zero-order valence-electron chi connectivity index (χ0n) is 19.3. The molecule has 3 rings (SSSR count). The minimum atomic E-state index is -0.867. The lowest BCUT2D eigenvalue weighted by atomic mass is 10.2. The first kappa shape index (κ1) is 24.3. The molecule has 1 amide bonds. The molecule has 1 unspecified atom stereocenters. The largest absolute Gasteiger partial charge is 0.479 e. The third-order valence-corrected chi connectivity index (χ3v) is 6.16. The number of carbonyl (C=O) groups is 2. The monoisotopic (exact) mass is 475 g/mol. The highest BCUT2D eigenvalue weighted by molar-refractivity contribution is 7.20. The first-order valence-electron chi connectivity index (χ1n) is 10.2. The highest BCUT2D eigenvalue weighted by Gasteiger charge is 2.25. The number of anilines is 2. The minimum Gasteiger partial charge on any atom is -0.479 e. The van der Waals surface area contributed by atoms with E-state index >= 15 is 0 Å². The molecule has 11 heteroatoms. The number of nitrogens with zero attached hydrogens (tertiary/aromatic N) is 4. The van der Waals surface area contributed by atoms with Crippen LogP contribution in [-0.4, -0.2) is 65.7 Å². The Morgan fingerprint density at radius 3 is 2.64 bits per heavy atom. The molecule has 1 aromatic carbocycles. The van der Waals surface area contributed by atoms with E-state index in [0.29, 0.717) is 38.7 Å². The Morgan fingerprint density at radius 2 is 2.00 bits per heavy atom. The van der Waals surface area contributed by atoms with Crippen molar-refractivity contribution in [2.75, 3.05) is 33.1 Å². The minimum absolute atomic E-state index is 0.151. The molecule has 0 spiro atoms.